The second-order valence-corrected chi connectivity index (χ2v) is 5.58. The number of carbonyl (C=O) groups excluding carboxylic acids is 3. The van der Waals surface area contributed by atoms with E-state index < -0.39 is 54.8 Å². The summed E-state index contributed by atoms with van der Waals surface area (Å²) < 4.78 is 38.5. The van der Waals surface area contributed by atoms with Gasteiger partial charge in [0.1, 0.15) is 0 Å². The Bertz CT molecular complexity index is 532. The van der Waals surface area contributed by atoms with E-state index >= 15 is 0 Å². The van der Waals surface area contributed by atoms with Gasteiger partial charge in [0.05, 0.1) is 11.8 Å². The summed E-state index contributed by atoms with van der Waals surface area (Å²) in [6, 6.07) is 0. The Labute approximate surface area is 129 Å². The standard InChI is InChI=1S/C13H15F3N2O5/c14-13(15,16)8-6-17(5-7(8)12(22)23)9(19)3-4-18-10(20)1-2-11(18)21/h7-8H,1-6H2,(H,22,23)/t7-,8-/m1/s1. The minimum absolute atomic E-state index is 0.0635. The van der Waals surface area contributed by atoms with Crippen LogP contribution in [0, 0.1) is 11.8 Å². The van der Waals surface area contributed by atoms with Crippen molar-refractivity contribution in [2.24, 2.45) is 11.8 Å². The molecule has 2 saturated heterocycles. The van der Waals surface area contributed by atoms with Gasteiger partial charge in [-0.2, -0.15) is 13.2 Å². The molecular formula is C13H15F3N2O5. The summed E-state index contributed by atoms with van der Waals surface area (Å²) in [6.45, 7) is -1.44. The average molecular weight is 336 g/mol. The molecule has 0 bridgehead atoms. The van der Waals surface area contributed by atoms with Crippen LogP contribution >= 0.6 is 0 Å². The molecule has 0 unspecified atom stereocenters. The molecule has 0 aromatic heterocycles. The van der Waals surface area contributed by atoms with E-state index in [1.54, 1.807) is 0 Å². The molecule has 0 radical (unpaired) electrons. The van der Waals surface area contributed by atoms with Crippen molar-refractivity contribution >= 4 is 23.7 Å². The lowest BCUT2D eigenvalue weighted by atomic mass is 9.96. The number of hydrogen-bond donors (Lipinski definition) is 1. The maximum atomic E-state index is 12.8. The summed E-state index contributed by atoms with van der Waals surface area (Å²) in [5, 5.41) is 8.88. The lowest BCUT2D eigenvalue weighted by Gasteiger charge is -2.19. The molecule has 2 atom stereocenters. The predicted molar refractivity (Wildman–Crippen MR) is 67.8 cm³/mol. The summed E-state index contributed by atoms with van der Waals surface area (Å²) >= 11 is 0. The van der Waals surface area contributed by atoms with Gasteiger partial charge in [0.25, 0.3) is 0 Å². The van der Waals surface area contributed by atoms with E-state index in [-0.39, 0.29) is 25.8 Å². The molecule has 128 valence electrons. The van der Waals surface area contributed by atoms with Crippen molar-refractivity contribution < 1.29 is 37.5 Å². The number of carboxylic acids is 1. The number of carbonyl (C=O) groups is 4. The van der Waals surface area contributed by atoms with Crippen molar-refractivity contribution in [1.82, 2.24) is 9.80 Å². The average Bonchev–Trinajstić information content (AvgIpc) is 3.01. The maximum Gasteiger partial charge on any atom is 0.394 e. The summed E-state index contributed by atoms with van der Waals surface area (Å²) in [6.07, 6.45) is -4.89. The molecule has 23 heavy (non-hydrogen) atoms. The van der Waals surface area contributed by atoms with E-state index in [9.17, 15) is 32.3 Å². The molecule has 2 rings (SSSR count). The highest BCUT2D eigenvalue weighted by atomic mass is 19.4. The molecule has 0 aromatic carbocycles. The number of carboxylic acid groups (broad SMARTS) is 1. The first-order valence-electron chi connectivity index (χ1n) is 7.01. The minimum Gasteiger partial charge on any atom is -0.481 e. The smallest absolute Gasteiger partial charge is 0.394 e. The Morgan fingerprint density at radius 2 is 1.70 bits per heavy atom. The zero-order valence-electron chi connectivity index (χ0n) is 12.0. The largest absolute Gasteiger partial charge is 0.481 e. The summed E-state index contributed by atoms with van der Waals surface area (Å²) in [4.78, 5) is 47.5. The maximum absolute atomic E-state index is 12.8. The molecule has 7 nitrogen and oxygen atoms in total. The third-order valence-electron chi connectivity index (χ3n) is 4.11. The SMILES string of the molecule is O=C(O)[C@@H]1CN(C(=O)CCN2C(=O)CCC2=O)C[C@H]1C(F)(F)F. The summed E-state index contributed by atoms with van der Waals surface area (Å²) in [7, 11) is 0. The van der Waals surface area contributed by atoms with Crippen LogP contribution in [0.25, 0.3) is 0 Å². The Kier molecular flexibility index (Phi) is 4.62. The van der Waals surface area contributed by atoms with Gasteiger partial charge in [0, 0.05) is 38.9 Å². The van der Waals surface area contributed by atoms with Crippen molar-refractivity contribution in [2.45, 2.75) is 25.4 Å². The van der Waals surface area contributed by atoms with Gasteiger partial charge in [-0.25, -0.2) is 0 Å². The topological polar surface area (TPSA) is 95.0 Å². The fourth-order valence-corrected chi connectivity index (χ4v) is 2.83. The Balaban J connectivity index is 1.96. The number of nitrogens with zero attached hydrogens (tertiary/aromatic N) is 2. The third-order valence-corrected chi connectivity index (χ3v) is 4.11. The summed E-state index contributed by atoms with van der Waals surface area (Å²) in [5.74, 6) is -6.95. The van der Waals surface area contributed by atoms with Gasteiger partial charge in [-0.1, -0.05) is 0 Å². The van der Waals surface area contributed by atoms with Gasteiger partial charge in [0.15, 0.2) is 0 Å². The predicted octanol–water partition coefficient (Wildman–Crippen LogP) is 0.247. The zero-order valence-corrected chi connectivity index (χ0v) is 12.0. The van der Waals surface area contributed by atoms with E-state index in [1.165, 1.54) is 0 Å². The quantitative estimate of drug-likeness (QED) is 0.743. The summed E-state index contributed by atoms with van der Waals surface area (Å²) in [5.41, 5.74) is 0. The molecule has 3 amide bonds. The van der Waals surface area contributed by atoms with E-state index in [4.69, 9.17) is 5.11 Å². The molecule has 2 aliphatic heterocycles. The Hall–Kier alpha value is -2.13. The Morgan fingerprint density at radius 1 is 1.13 bits per heavy atom. The van der Waals surface area contributed by atoms with Crippen LogP contribution < -0.4 is 0 Å². The fraction of sp³-hybridized carbons (Fsp3) is 0.692. The van der Waals surface area contributed by atoms with Crippen molar-refractivity contribution in [3.63, 3.8) is 0 Å². The van der Waals surface area contributed by atoms with E-state index in [1.807, 2.05) is 0 Å². The number of hydrogen-bond acceptors (Lipinski definition) is 4. The van der Waals surface area contributed by atoms with E-state index in [2.05, 4.69) is 0 Å². The molecular weight excluding hydrogens is 321 g/mol. The molecule has 10 heteroatoms. The monoisotopic (exact) mass is 336 g/mol. The first-order valence-corrected chi connectivity index (χ1v) is 7.01. The first kappa shape index (κ1) is 17.2. The van der Waals surface area contributed by atoms with Crippen molar-refractivity contribution in [1.29, 1.82) is 0 Å². The highest BCUT2D eigenvalue weighted by Gasteiger charge is 2.53. The van der Waals surface area contributed by atoms with Gasteiger partial charge in [-0.3, -0.25) is 24.1 Å². The molecule has 0 spiro atoms. The second kappa shape index (κ2) is 6.17. The minimum atomic E-state index is -4.71. The zero-order chi connectivity index (χ0) is 17.4. The lowest BCUT2D eigenvalue weighted by molar-refractivity contribution is -0.188. The normalized spacial score (nSPS) is 25.3. The van der Waals surface area contributed by atoms with Gasteiger partial charge < -0.3 is 10.0 Å². The number of aliphatic carboxylic acids is 1. The van der Waals surface area contributed by atoms with Crippen LogP contribution in [0.1, 0.15) is 19.3 Å². The number of rotatable bonds is 4. The lowest BCUT2D eigenvalue weighted by Crippen LogP contribution is -2.36. The van der Waals surface area contributed by atoms with Gasteiger partial charge in [-0.05, 0) is 0 Å². The van der Waals surface area contributed by atoms with Crippen LogP contribution in [-0.2, 0) is 19.2 Å². The molecule has 0 saturated carbocycles. The molecule has 2 aliphatic rings. The number of likely N-dealkylation sites (tertiary alicyclic amines) is 2. The van der Waals surface area contributed by atoms with Gasteiger partial charge >= 0.3 is 12.1 Å². The first-order chi connectivity index (χ1) is 10.6. The third kappa shape index (κ3) is 3.62. The van der Waals surface area contributed by atoms with Crippen LogP contribution in [-0.4, -0.2) is 64.4 Å². The molecule has 2 fully saturated rings. The Morgan fingerprint density at radius 3 is 2.13 bits per heavy atom. The highest BCUT2D eigenvalue weighted by Crippen LogP contribution is 2.37. The van der Waals surface area contributed by atoms with Crippen molar-refractivity contribution in [2.75, 3.05) is 19.6 Å². The number of imide groups is 1. The molecule has 2 heterocycles. The fourth-order valence-electron chi connectivity index (χ4n) is 2.83. The van der Waals surface area contributed by atoms with Crippen molar-refractivity contribution in [3.8, 4) is 0 Å². The molecule has 1 N–H and O–H groups in total. The van der Waals surface area contributed by atoms with E-state index in [0.717, 1.165) is 9.80 Å². The molecule has 0 aliphatic carbocycles. The van der Waals surface area contributed by atoms with E-state index in [0.29, 0.717) is 0 Å². The highest BCUT2D eigenvalue weighted by molar-refractivity contribution is 6.02. The van der Waals surface area contributed by atoms with Gasteiger partial charge in [0.2, 0.25) is 17.7 Å². The number of amides is 3. The van der Waals surface area contributed by atoms with Crippen LogP contribution in [0.3, 0.4) is 0 Å². The molecule has 0 aromatic rings. The second-order valence-electron chi connectivity index (χ2n) is 5.58. The van der Waals surface area contributed by atoms with Gasteiger partial charge in [-0.15, -0.1) is 0 Å². The van der Waals surface area contributed by atoms with Crippen molar-refractivity contribution in [3.05, 3.63) is 0 Å². The van der Waals surface area contributed by atoms with Crippen LogP contribution in [0.4, 0.5) is 13.2 Å². The van der Waals surface area contributed by atoms with Crippen LogP contribution in [0.15, 0.2) is 0 Å². The number of halogens is 3. The van der Waals surface area contributed by atoms with Crippen LogP contribution in [0.5, 0.6) is 0 Å². The van der Waals surface area contributed by atoms with Crippen LogP contribution in [0.2, 0.25) is 0 Å². The number of alkyl halides is 3.